The zero-order valence-electron chi connectivity index (χ0n) is 21.2. The van der Waals surface area contributed by atoms with Crippen LogP contribution in [0.4, 0.5) is 35.0 Å². The molecule has 3 aromatic heterocycles. The van der Waals surface area contributed by atoms with Crippen molar-refractivity contribution in [2.24, 2.45) is 0 Å². The van der Waals surface area contributed by atoms with Crippen LogP contribution in [0.25, 0.3) is 20.7 Å². The number of hydrogen-bond donors (Lipinski definition) is 1. The van der Waals surface area contributed by atoms with Gasteiger partial charge >= 0.3 is 12.2 Å². The lowest BCUT2D eigenvalue weighted by Crippen LogP contribution is -2.44. The number of urea groups is 1. The fraction of sp³-hybridized carbons (Fsp3) is 0.296. The Morgan fingerprint density at radius 2 is 1.85 bits per heavy atom. The molecular weight excluding hydrogens is 529 g/mol. The van der Waals surface area contributed by atoms with Crippen LogP contribution in [0.1, 0.15) is 11.1 Å². The predicted octanol–water partition coefficient (Wildman–Crippen LogP) is 5.50. The van der Waals surface area contributed by atoms with Gasteiger partial charge in [-0.2, -0.15) is 13.2 Å². The van der Waals surface area contributed by atoms with Crippen molar-refractivity contribution >= 4 is 44.6 Å². The predicted molar refractivity (Wildman–Crippen MR) is 145 cm³/mol. The van der Waals surface area contributed by atoms with Gasteiger partial charge in [-0.15, -0.1) is 11.3 Å². The molecule has 6 rings (SSSR count). The SMILES string of the molecule is COc1ccc(-c2cc3c4c(cnc3s2)CN(C)C(=O)N4c2ccc(N3CCNCC3)c(C(F)(F)F)c2)cn1. The molecule has 1 aromatic carbocycles. The second-order valence-corrected chi connectivity index (χ2v) is 10.5. The molecule has 2 aliphatic rings. The number of amides is 2. The molecule has 0 saturated carbocycles. The van der Waals surface area contributed by atoms with Gasteiger partial charge in [0.05, 0.1) is 30.6 Å². The molecule has 39 heavy (non-hydrogen) atoms. The molecule has 1 fully saturated rings. The molecule has 0 unspecified atom stereocenters. The van der Waals surface area contributed by atoms with E-state index in [0.717, 1.165) is 22.1 Å². The minimum absolute atomic E-state index is 0.121. The average Bonchev–Trinajstić information content (AvgIpc) is 3.38. The number of pyridine rings is 2. The molecule has 0 radical (unpaired) electrons. The molecule has 2 amide bonds. The van der Waals surface area contributed by atoms with E-state index in [4.69, 9.17) is 4.74 Å². The number of anilines is 3. The fourth-order valence-electron chi connectivity index (χ4n) is 5.09. The van der Waals surface area contributed by atoms with Crippen LogP contribution in [-0.4, -0.2) is 61.2 Å². The van der Waals surface area contributed by atoms with Crippen molar-refractivity contribution < 1.29 is 22.7 Å². The maximum absolute atomic E-state index is 14.3. The van der Waals surface area contributed by atoms with E-state index < -0.39 is 17.8 Å². The highest BCUT2D eigenvalue weighted by molar-refractivity contribution is 7.22. The number of hydrogen-bond acceptors (Lipinski definition) is 7. The van der Waals surface area contributed by atoms with Gasteiger partial charge in [0.2, 0.25) is 5.88 Å². The maximum atomic E-state index is 14.3. The lowest BCUT2D eigenvalue weighted by Gasteiger charge is -2.36. The summed E-state index contributed by atoms with van der Waals surface area (Å²) in [4.78, 5) is 28.6. The summed E-state index contributed by atoms with van der Waals surface area (Å²) in [6.07, 6.45) is -1.20. The van der Waals surface area contributed by atoms with Gasteiger partial charge in [0.15, 0.2) is 0 Å². The first-order valence-electron chi connectivity index (χ1n) is 12.4. The van der Waals surface area contributed by atoms with Crippen molar-refractivity contribution in [3.8, 4) is 16.3 Å². The third-order valence-corrected chi connectivity index (χ3v) is 8.08. The number of carbonyl (C=O) groups is 1. The molecule has 5 heterocycles. The van der Waals surface area contributed by atoms with Crippen molar-refractivity contribution in [1.82, 2.24) is 20.2 Å². The first kappa shape index (κ1) is 25.4. The molecule has 2 aliphatic heterocycles. The number of methoxy groups -OCH3 is 1. The van der Waals surface area contributed by atoms with E-state index in [9.17, 15) is 18.0 Å². The quantitative estimate of drug-likeness (QED) is 0.359. The summed E-state index contributed by atoms with van der Waals surface area (Å²) < 4.78 is 48.2. The number of rotatable bonds is 4. The third kappa shape index (κ3) is 4.53. The van der Waals surface area contributed by atoms with Gasteiger partial charge in [-0.25, -0.2) is 14.8 Å². The summed E-state index contributed by atoms with van der Waals surface area (Å²) in [6.45, 7) is 2.46. The molecule has 0 aliphatic carbocycles. The lowest BCUT2D eigenvalue weighted by molar-refractivity contribution is -0.137. The summed E-state index contributed by atoms with van der Waals surface area (Å²) in [5, 5.41) is 3.87. The molecule has 12 heteroatoms. The highest BCUT2D eigenvalue weighted by Crippen LogP contribution is 2.46. The minimum Gasteiger partial charge on any atom is -0.481 e. The van der Waals surface area contributed by atoms with Gasteiger partial charge < -0.3 is 19.9 Å². The number of nitrogens with one attached hydrogen (secondary N) is 1. The largest absolute Gasteiger partial charge is 0.481 e. The van der Waals surface area contributed by atoms with Crippen LogP contribution in [0.15, 0.2) is 48.8 Å². The van der Waals surface area contributed by atoms with Gasteiger partial charge in [0.25, 0.3) is 0 Å². The van der Waals surface area contributed by atoms with Crippen LogP contribution >= 0.6 is 11.3 Å². The number of thiophene rings is 1. The number of alkyl halides is 3. The number of fused-ring (bicyclic) bond motifs is 3. The van der Waals surface area contributed by atoms with Gasteiger partial charge in [0.1, 0.15) is 4.83 Å². The number of halogens is 3. The monoisotopic (exact) mass is 554 g/mol. The van der Waals surface area contributed by atoms with Crippen molar-refractivity contribution in [2.75, 3.05) is 50.1 Å². The first-order chi connectivity index (χ1) is 18.7. The molecule has 1 saturated heterocycles. The third-order valence-electron chi connectivity index (χ3n) is 6.99. The number of aromatic nitrogens is 2. The number of nitrogens with zero attached hydrogens (tertiary/aromatic N) is 5. The molecule has 0 spiro atoms. The molecule has 202 valence electrons. The summed E-state index contributed by atoms with van der Waals surface area (Å²) in [6, 6.07) is 9.31. The van der Waals surface area contributed by atoms with Gasteiger partial charge in [-0.05, 0) is 30.3 Å². The Hall–Kier alpha value is -3.90. The number of benzene rings is 1. The van der Waals surface area contributed by atoms with Gasteiger partial charge in [0, 0.05) is 78.8 Å². The lowest BCUT2D eigenvalue weighted by atomic mass is 10.0. The Kier molecular flexibility index (Phi) is 6.31. The van der Waals surface area contributed by atoms with Crippen LogP contribution < -0.4 is 19.9 Å². The second-order valence-electron chi connectivity index (χ2n) is 9.46. The number of ether oxygens (including phenoxy) is 1. The number of carbonyl (C=O) groups excluding carboxylic acids is 1. The molecular formula is C27H25F3N6O2S. The zero-order valence-corrected chi connectivity index (χ0v) is 22.1. The van der Waals surface area contributed by atoms with Crippen LogP contribution in [0.3, 0.4) is 0 Å². The Morgan fingerprint density at radius 1 is 1.05 bits per heavy atom. The van der Waals surface area contributed by atoms with E-state index in [1.807, 2.05) is 12.1 Å². The molecule has 0 bridgehead atoms. The standard InChI is InChI=1S/C27H25F3N6O2S/c1-34-15-17-14-33-25-19(12-22(39-25)16-3-6-23(38-2)32-13-16)24(17)36(26(34)37)18-4-5-21(20(11-18)27(28,29)30)35-9-7-31-8-10-35/h3-6,11-14,31H,7-10,15H2,1-2H3. The van der Waals surface area contributed by atoms with Crippen molar-refractivity contribution in [2.45, 2.75) is 12.7 Å². The highest BCUT2D eigenvalue weighted by Gasteiger charge is 2.38. The first-order valence-corrected chi connectivity index (χ1v) is 13.2. The van der Waals surface area contributed by atoms with E-state index in [-0.39, 0.29) is 11.4 Å². The van der Waals surface area contributed by atoms with E-state index >= 15 is 0 Å². The molecule has 8 nitrogen and oxygen atoms in total. The molecule has 1 N–H and O–H groups in total. The van der Waals surface area contributed by atoms with E-state index in [0.29, 0.717) is 54.5 Å². The van der Waals surface area contributed by atoms with E-state index in [2.05, 4.69) is 15.3 Å². The zero-order chi connectivity index (χ0) is 27.3. The Morgan fingerprint density at radius 3 is 2.54 bits per heavy atom. The van der Waals surface area contributed by atoms with Crippen LogP contribution in [-0.2, 0) is 12.7 Å². The molecule has 4 aromatic rings. The van der Waals surface area contributed by atoms with Crippen LogP contribution in [0.2, 0.25) is 0 Å². The summed E-state index contributed by atoms with van der Waals surface area (Å²) in [5.41, 5.74) is 1.67. The van der Waals surface area contributed by atoms with Crippen LogP contribution in [0.5, 0.6) is 5.88 Å². The fourth-order valence-corrected chi connectivity index (χ4v) is 6.08. The van der Waals surface area contributed by atoms with E-state index in [1.54, 1.807) is 43.6 Å². The summed E-state index contributed by atoms with van der Waals surface area (Å²) in [7, 11) is 3.17. The maximum Gasteiger partial charge on any atom is 0.418 e. The van der Waals surface area contributed by atoms with E-state index in [1.165, 1.54) is 27.2 Å². The summed E-state index contributed by atoms with van der Waals surface area (Å²) >= 11 is 1.43. The van der Waals surface area contributed by atoms with Gasteiger partial charge in [-0.1, -0.05) is 0 Å². The van der Waals surface area contributed by atoms with Crippen molar-refractivity contribution in [1.29, 1.82) is 0 Å². The Balaban J connectivity index is 1.50. The average molecular weight is 555 g/mol. The van der Waals surface area contributed by atoms with Crippen molar-refractivity contribution in [3.05, 3.63) is 59.9 Å². The minimum atomic E-state index is -4.59. The second kappa shape index (κ2) is 9.69. The normalized spacial score (nSPS) is 16.1. The van der Waals surface area contributed by atoms with Gasteiger partial charge in [-0.3, -0.25) is 4.90 Å². The van der Waals surface area contributed by atoms with Crippen LogP contribution in [0, 0.1) is 0 Å². The summed E-state index contributed by atoms with van der Waals surface area (Å²) in [5.74, 6) is 0.486. The Labute approximate surface area is 226 Å². The Bertz CT molecular complexity index is 1550. The highest BCUT2D eigenvalue weighted by atomic mass is 32.1. The molecule has 0 atom stereocenters. The topological polar surface area (TPSA) is 73.8 Å². The van der Waals surface area contributed by atoms with Crippen molar-refractivity contribution in [3.63, 3.8) is 0 Å². The number of piperazine rings is 1. The smallest absolute Gasteiger partial charge is 0.418 e.